The first kappa shape index (κ1) is 21.0. The predicted molar refractivity (Wildman–Crippen MR) is 108 cm³/mol. The van der Waals surface area contributed by atoms with Crippen LogP contribution in [0.3, 0.4) is 0 Å². The molecule has 8 nitrogen and oxygen atoms in total. The van der Waals surface area contributed by atoms with Gasteiger partial charge in [0, 0.05) is 12.0 Å². The molecule has 2 aliphatic heterocycles. The molecule has 0 aromatic heterocycles. The Hall–Kier alpha value is -3.28. The molecule has 0 spiro atoms. The van der Waals surface area contributed by atoms with Crippen LogP contribution in [0.1, 0.15) is 44.3 Å². The number of nitrogens with zero attached hydrogens (tertiary/aromatic N) is 3. The van der Waals surface area contributed by atoms with Gasteiger partial charge < -0.3 is 18.9 Å². The van der Waals surface area contributed by atoms with Crippen LogP contribution in [0.25, 0.3) is 0 Å². The third kappa shape index (κ3) is 2.39. The maximum atomic E-state index is 10.4. The highest BCUT2D eigenvalue weighted by Gasteiger charge is 2.81. The summed E-state index contributed by atoms with van der Waals surface area (Å²) >= 11 is 0. The van der Waals surface area contributed by atoms with Crippen molar-refractivity contribution in [3.05, 3.63) is 23.8 Å². The summed E-state index contributed by atoms with van der Waals surface area (Å²) in [6, 6.07) is 11.5. The van der Waals surface area contributed by atoms with Crippen molar-refractivity contribution in [2.45, 2.75) is 44.5 Å². The van der Waals surface area contributed by atoms with Gasteiger partial charge in [-0.1, -0.05) is 25.5 Å². The second kappa shape index (κ2) is 7.15. The van der Waals surface area contributed by atoms with Crippen LogP contribution in [-0.4, -0.2) is 25.9 Å². The van der Waals surface area contributed by atoms with Crippen LogP contribution in [0.4, 0.5) is 0 Å². The second-order valence-corrected chi connectivity index (χ2v) is 8.38. The largest absolute Gasteiger partial charge is 0.493 e. The molecule has 4 rings (SSSR count). The van der Waals surface area contributed by atoms with Crippen LogP contribution in [0.15, 0.2) is 18.2 Å². The Labute approximate surface area is 181 Å². The van der Waals surface area contributed by atoms with Gasteiger partial charge in [-0.05, 0) is 24.8 Å². The Morgan fingerprint density at radius 1 is 1.16 bits per heavy atom. The molecule has 31 heavy (non-hydrogen) atoms. The molecule has 1 aromatic rings. The zero-order valence-corrected chi connectivity index (χ0v) is 17.8. The molecule has 2 heterocycles. The third-order valence-electron chi connectivity index (χ3n) is 7.31. The first-order chi connectivity index (χ1) is 14.9. The third-order valence-corrected chi connectivity index (χ3v) is 7.31. The van der Waals surface area contributed by atoms with E-state index in [-0.39, 0.29) is 5.90 Å². The summed E-state index contributed by atoms with van der Waals surface area (Å²) in [4.78, 5) is 0. The highest BCUT2D eigenvalue weighted by atomic mass is 16.7. The van der Waals surface area contributed by atoms with Crippen molar-refractivity contribution < 1.29 is 18.9 Å². The molecule has 0 radical (unpaired) electrons. The van der Waals surface area contributed by atoms with Gasteiger partial charge in [-0.15, -0.1) is 0 Å². The Morgan fingerprint density at radius 3 is 2.48 bits per heavy atom. The number of nitriles is 3. The minimum atomic E-state index is -2.00. The number of methoxy groups -OCH3 is 2. The van der Waals surface area contributed by atoms with Gasteiger partial charge in [0.2, 0.25) is 17.1 Å². The van der Waals surface area contributed by atoms with E-state index < -0.39 is 28.6 Å². The first-order valence-electron chi connectivity index (χ1n) is 10.3. The Bertz CT molecular complexity index is 1040. The summed E-state index contributed by atoms with van der Waals surface area (Å²) in [5.41, 5.74) is -3.33. The first-order valence-corrected chi connectivity index (χ1v) is 10.3. The van der Waals surface area contributed by atoms with Crippen LogP contribution in [0.5, 0.6) is 11.5 Å². The number of para-hydroxylation sites is 1. The van der Waals surface area contributed by atoms with E-state index in [4.69, 9.17) is 24.4 Å². The molecule has 1 aromatic carbocycles. The molecule has 5 atom stereocenters. The number of nitrogens with one attached hydrogen (secondary N) is 1. The van der Waals surface area contributed by atoms with Crippen molar-refractivity contribution in [1.29, 1.82) is 21.2 Å². The molecular weight excluding hydrogens is 396 g/mol. The molecule has 2 bridgehead atoms. The summed E-state index contributed by atoms with van der Waals surface area (Å²) < 4.78 is 23.4. The summed E-state index contributed by atoms with van der Waals surface area (Å²) in [6.07, 6.45) is 1.60. The lowest BCUT2D eigenvalue weighted by atomic mass is 9.50. The molecular formula is C23H24N4O4. The molecule has 1 aliphatic carbocycles. The van der Waals surface area contributed by atoms with Gasteiger partial charge >= 0.3 is 0 Å². The minimum Gasteiger partial charge on any atom is -0.493 e. The van der Waals surface area contributed by atoms with Crippen LogP contribution in [-0.2, 0) is 9.47 Å². The van der Waals surface area contributed by atoms with Gasteiger partial charge in [-0.2, -0.15) is 15.8 Å². The van der Waals surface area contributed by atoms with E-state index >= 15 is 0 Å². The lowest BCUT2D eigenvalue weighted by Gasteiger charge is -2.52. The van der Waals surface area contributed by atoms with E-state index in [1.807, 2.05) is 0 Å². The van der Waals surface area contributed by atoms with E-state index in [2.05, 4.69) is 25.1 Å². The molecule has 8 heteroatoms. The van der Waals surface area contributed by atoms with E-state index in [9.17, 15) is 15.8 Å². The fourth-order valence-corrected chi connectivity index (χ4v) is 5.69. The summed E-state index contributed by atoms with van der Waals surface area (Å²) in [7, 11) is 2.95. The molecule has 5 unspecified atom stereocenters. The number of ether oxygens (including phenoxy) is 4. The molecule has 3 fully saturated rings. The van der Waals surface area contributed by atoms with Crippen molar-refractivity contribution in [3.63, 3.8) is 0 Å². The number of hydrogen-bond acceptors (Lipinski definition) is 8. The van der Waals surface area contributed by atoms with Crippen molar-refractivity contribution >= 4 is 5.90 Å². The summed E-state index contributed by atoms with van der Waals surface area (Å²) in [5.74, 6) is -1.12. The number of benzene rings is 1. The fraction of sp³-hybridized carbons (Fsp3) is 0.565. The highest BCUT2D eigenvalue weighted by Crippen LogP contribution is 2.70. The van der Waals surface area contributed by atoms with Gasteiger partial charge in [-0.25, -0.2) is 0 Å². The Balaban J connectivity index is 2.00. The maximum Gasteiger partial charge on any atom is 0.217 e. The van der Waals surface area contributed by atoms with Crippen molar-refractivity contribution in [2.24, 2.45) is 22.7 Å². The van der Waals surface area contributed by atoms with Crippen LogP contribution >= 0.6 is 0 Å². The highest BCUT2D eigenvalue weighted by molar-refractivity contribution is 5.89. The van der Waals surface area contributed by atoms with Crippen LogP contribution in [0.2, 0.25) is 0 Å². The van der Waals surface area contributed by atoms with Gasteiger partial charge in [0.15, 0.2) is 16.9 Å². The van der Waals surface area contributed by atoms with Gasteiger partial charge in [0.05, 0.1) is 38.3 Å². The average molecular weight is 420 g/mol. The number of rotatable bonds is 4. The SMILES string of the molecule is CCC1CCC23OC(=N)C(C#N)(C2C1)C(C#N)(C#N)C(c1cccc(OC)c1OC)O3. The van der Waals surface area contributed by atoms with E-state index in [1.165, 1.54) is 14.2 Å². The summed E-state index contributed by atoms with van der Waals surface area (Å²) in [6.45, 7) is 2.07. The Kier molecular flexibility index (Phi) is 4.84. The average Bonchev–Trinajstić information content (AvgIpc) is 3.01. The molecule has 3 aliphatic rings. The maximum absolute atomic E-state index is 10.4. The minimum absolute atomic E-state index is 0.307. The monoisotopic (exact) mass is 420 g/mol. The number of hydrogen-bond donors (Lipinski definition) is 1. The zero-order valence-electron chi connectivity index (χ0n) is 17.8. The lowest BCUT2D eigenvalue weighted by Crippen LogP contribution is -2.61. The van der Waals surface area contributed by atoms with Crippen LogP contribution < -0.4 is 9.47 Å². The fourth-order valence-electron chi connectivity index (χ4n) is 5.69. The van der Waals surface area contributed by atoms with Gasteiger partial charge in [-0.3, -0.25) is 5.41 Å². The van der Waals surface area contributed by atoms with Gasteiger partial charge in [0.1, 0.15) is 6.10 Å². The second-order valence-electron chi connectivity index (χ2n) is 8.38. The van der Waals surface area contributed by atoms with Crippen LogP contribution in [0, 0.1) is 62.1 Å². The standard InChI is InChI=1S/C23H24N4O4/c1-4-14-8-9-23-17(10-14)22(13-26,20(27)31-23)21(11-24,12-25)19(30-23)15-6-5-7-16(28-2)18(15)29-3/h5-7,14,17,19,27H,4,8-10H2,1-3H3. The van der Waals surface area contributed by atoms with E-state index in [1.54, 1.807) is 18.2 Å². The van der Waals surface area contributed by atoms with Crippen molar-refractivity contribution in [2.75, 3.05) is 14.2 Å². The normalized spacial score (nSPS) is 35.0. The van der Waals surface area contributed by atoms with Gasteiger partial charge in [0.25, 0.3) is 0 Å². The molecule has 1 saturated carbocycles. The van der Waals surface area contributed by atoms with E-state index in [0.29, 0.717) is 35.8 Å². The van der Waals surface area contributed by atoms with Crippen molar-refractivity contribution in [3.8, 4) is 29.7 Å². The zero-order chi connectivity index (χ0) is 22.4. The molecule has 2 saturated heterocycles. The quantitative estimate of drug-likeness (QED) is 0.782. The predicted octanol–water partition coefficient (Wildman–Crippen LogP) is 3.85. The molecule has 1 N–H and O–H groups in total. The van der Waals surface area contributed by atoms with Crippen molar-refractivity contribution in [1.82, 2.24) is 0 Å². The topological polar surface area (TPSA) is 132 Å². The molecule has 0 amide bonds. The smallest absolute Gasteiger partial charge is 0.217 e. The Morgan fingerprint density at radius 2 is 1.90 bits per heavy atom. The van der Waals surface area contributed by atoms with E-state index in [0.717, 1.165) is 12.8 Å². The molecule has 160 valence electrons. The summed E-state index contributed by atoms with van der Waals surface area (Å²) in [5, 5.41) is 39.8. The lowest BCUT2D eigenvalue weighted by molar-refractivity contribution is -0.299.